The molecule has 0 saturated carbocycles. The van der Waals surface area contributed by atoms with Crippen LogP contribution in [-0.4, -0.2) is 35.0 Å². The number of fused-ring (bicyclic) bond motifs is 1. The van der Waals surface area contributed by atoms with E-state index >= 15 is 0 Å². The quantitative estimate of drug-likeness (QED) is 0.740. The highest BCUT2D eigenvalue weighted by atomic mass is 16.4. The van der Waals surface area contributed by atoms with E-state index in [1.807, 2.05) is 71.6 Å². The number of rotatable bonds is 4. The summed E-state index contributed by atoms with van der Waals surface area (Å²) >= 11 is 0. The molecular formula is C24H21NO3. The first-order chi connectivity index (χ1) is 13.6. The summed E-state index contributed by atoms with van der Waals surface area (Å²) in [5.41, 5.74) is 3.73. The summed E-state index contributed by atoms with van der Waals surface area (Å²) in [6.45, 7) is 1.21. The van der Waals surface area contributed by atoms with E-state index in [1.165, 1.54) is 0 Å². The average molecular weight is 371 g/mol. The molecule has 0 atom stereocenters. The van der Waals surface area contributed by atoms with E-state index in [-0.39, 0.29) is 12.3 Å². The summed E-state index contributed by atoms with van der Waals surface area (Å²) < 4.78 is 0. The van der Waals surface area contributed by atoms with Crippen molar-refractivity contribution < 1.29 is 14.7 Å². The number of carboxylic acids is 1. The molecule has 0 bridgehead atoms. The molecule has 28 heavy (non-hydrogen) atoms. The van der Waals surface area contributed by atoms with Crippen LogP contribution in [0.4, 0.5) is 0 Å². The number of amides is 1. The molecule has 4 rings (SSSR count). The fourth-order valence-electron chi connectivity index (χ4n) is 3.75. The Morgan fingerprint density at radius 2 is 1.75 bits per heavy atom. The Kier molecular flexibility index (Phi) is 4.94. The lowest BCUT2D eigenvalue weighted by Gasteiger charge is -2.27. The maximum absolute atomic E-state index is 13.1. The van der Waals surface area contributed by atoms with Crippen molar-refractivity contribution in [2.24, 2.45) is 0 Å². The van der Waals surface area contributed by atoms with E-state index in [0.717, 1.165) is 39.5 Å². The van der Waals surface area contributed by atoms with Gasteiger partial charge in [-0.15, -0.1) is 0 Å². The Bertz CT molecular complexity index is 1080. The van der Waals surface area contributed by atoms with Crippen LogP contribution in [0.5, 0.6) is 0 Å². The SMILES string of the molecule is O=C(O)Cc1cccc(C2=CCN(C(=O)c3cccc4ccccc34)CC2)c1. The van der Waals surface area contributed by atoms with Gasteiger partial charge in [0, 0.05) is 18.7 Å². The zero-order valence-electron chi connectivity index (χ0n) is 15.5. The predicted molar refractivity (Wildman–Crippen MR) is 110 cm³/mol. The van der Waals surface area contributed by atoms with Crippen molar-refractivity contribution in [3.8, 4) is 0 Å². The molecule has 0 radical (unpaired) electrons. The fourth-order valence-corrected chi connectivity index (χ4v) is 3.75. The molecule has 0 aromatic heterocycles. The molecule has 1 aliphatic rings. The van der Waals surface area contributed by atoms with Crippen molar-refractivity contribution in [1.29, 1.82) is 0 Å². The summed E-state index contributed by atoms with van der Waals surface area (Å²) in [6, 6.07) is 21.4. The minimum atomic E-state index is -0.832. The summed E-state index contributed by atoms with van der Waals surface area (Å²) in [5.74, 6) is -0.784. The van der Waals surface area contributed by atoms with Crippen molar-refractivity contribution in [1.82, 2.24) is 4.90 Å². The van der Waals surface area contributed by atoms with Gasteiger partial charge in [-0.25, -0.2) is 0 Å². The molecule has 0 spiro atoms. The Morgan fingerprint density at radius 1 is 0.964 bits per heavy atom. The van der Waals surface area contributed by atoms with E-state index in [2.05, 4.69) is 6.08 Å². The van der Waals surface area contributed by atoms with E-state index in [0.29, 0.717) is 13.1 Å². The van der Waals surface area contributed by atoms with Gasteiger partial charge in [0.05, 0.1) is 6.42 Å². The molecule has 4 heteroatoms. The minimum Gasteiger partial charge on any atom is -0.481 e. The number of carboxylic acid groups (broad SMARTS) is 1. The molecule has 1 heterocycles. The highest BCUT2D eigenvalue weighted by Gasteiger charge is 2.21. The zero-order chi connectivity index (χ0) is 19.5. The number of carbonyl (C=O) groups excluding carboxylic acids is 1. The van der Waals surface area contributed by atoms with Crippen LogP contribution < -0.4 is 0 Å². The highest BCUT2D eigenvalue weighted by molar-refractivity contribution is 6.07. The molecule has 0 saturated heterocycles. The van der Waals surface area contributed by atoms with Gasteiger partial charge in [-0.3, -0.25) is 9.59 Å². The lowest BCUT2D eigenvalue weighted by Crippen LogP contribution is -2.34. The summed E-state index contributed by atoms with van der Waals surface area (Å²) in [5, 5.41) is 11.0. The van der Waals surface area contributed by atoms with Crippen LogP contribution in [-0.2, 0) is 11.2 Å². The third-order valence-electron chi connectivity index (χ3n) is 5.17. The third kappa shape index (κ3) is 3.67. The van der Waals surface area contributed by atoms with Gasteiger partial charge in [-0.05, 0) is 40.0 Å². The predicted octanol–water partition coefficient (Wildman–Crippen LogP) is 4.40. The minimum absolute atomic E-state index is 0.0206. The monoisotopic (exact) mass is 371 g/mol. The van der Waals surface area contributed by atoms with E-state index in [4.69, 9.17) is 5.11 Å². The summed E-state index contributed by atoms with van der Waals surface area (Å²) in [4.78, 5) is 25.9. The Balaban J connectivity index is 1.54. The highest BCUT2D eigenvalue weighted by Crippen LogP contribution is 2.26. The van der Waals surface area contributed by atoms with Gasteiger partial charge < -0.3 is 10.0 Å². The maximum atomic E-state index is 13.1. The molecule has 140 valence electrons. The first-order valence-corrected chi connectivity index (χ1v) is 9.39. The van der Waals surface area contributed by atoms with E-state index in [1.54, 1.807) is 0 Å². The standard InChI is InChI=1S/C24H21NO3/c26-23(27)16-17-5-3-8-20(15-17)18-11-13-25(14-12-18)24(28)22-10-4-7-19-6-1-2-9-21(19)22/h1-11,15H,12-14,16H2,(H,26,27). The third-order valence-corrected chi connectivity index (χ3v) is 5.17. The topological polar surface area (TPSA) is 57.6 Å². The zero-order valence-corrected chi connectivity index (χ0v) is 15.5. The van der Waals surface area contributed by atoms with Gasteiger partial charge in [0.15, 0.2) is 0 Å². The van der Waals surface area contributed by atoms with Crippen molar-refractivity contribution >= 4 is 28.2 Å². The molecular weight excluding hydrogens is 350 g/mol. The molecule has 3 aromatic carbocycles. The fraction of sp³-hybridized carbons (Fsp3) is 0.167. The second kappa shape index (κ2) is 7.69. The lowest BCUT2D eigenvalue weighted by atomic mass is 9.96. The molecule has 3 aromatic rings. The first kappa shape index (κ1) is 18.0. The van der Waals surface area contributed by atoms with Crippen molar-refractivity contribution in [3.63, 3.8) is 0 Å². The van der Waals surface area contributed by atoms with Crippen LogP contribution in [0.1, 0.15) is 27.9 Å². The van der Waals surface area contributed by atoms with Gasteiger partial charge in [0.25, 0.3) is 5.91 Å². The number of benzene rings is 3. The summed E-state index contributed by atoms with van der Waals surface area (Å²) in [6.07, 6.45) is 2.85. The molecule has 0 unspecified atom stereocenters. The molecule has 1 aliphatic heterocycles. The second-order valence-corrected chi connectivity index (χ2v) is 7.03. The number of aliphatic carboxylic acids is 1. The number of carbonyl (C=O) groups is 2. The van der Waals surface area contributed by atoms with Gasteiger partial charge in [0.2, 0.25) is 0 Å². The van der Waals surface area contributed by atoms with Crippen LogP contribution in [0.25, 0.3) is 16.3 Å². The largest absolute Gasteiger partial charge is 0.481 e. The van der Waals surface area contributed by atoms with Gasteiger partial charge in [0.1, 0.15) is 0 Å². The maximum Gasteiger partial charge on any atom is 0.307 e. The lowest BCUT2D eigenvalue weighted by molar-refractivity contribution is -0.136. The number of nitrogens with zero attached hydrogens (tertiary/aromatic N) is 1. The number of hydrogen-bond donors (Lipinski definition) is 1. The molecule has 0 aliphatic carbocycles. The average Bonchev–Trinajstić information content (AvgIpc) is 2.73. The molecule has 1 N–H and O–H groups in total. The van der Waals surface area contributed by atoms with Crippen LogP contribution in [0, 0.1) is 0 Å². The van der Waals surface area contributed by atoms with Crippen LogP contribution in [0.15, 0.2) is 72.8 Å². The molecule has 0 fully saturated rings. The molecule has 1 amide bonds. The van der Waals surface area contributed by atoms with Gasteiger partial charge >= 0.3 is 5.97 Å². The first-order valence-electron chi connectivity index (χ1n) is 9.39. The van der Waals surface area contributed by atoms with E-state index in [9.17, 15) is 9.59 Å². The van der Waals surface area contributed by atoms with Crippen molar-refractivity contribution in [3.05, 3.63) is 89.5 Å². The molecule has 4 nitrogen and oxygen atoms in total. The summed E-state index contributed by atoms with van der Waals surface area (Å²) in [7, 11) is 0. The van der Waals surface area contributed by atoms with Crippen molar-refractivity contribution in [2.75, 3.05) is 13.1 Å². The number of hydrogen-bond acceptors (Lipinski definition) is 2. The second-order valence-electron chi connectivity index (χ2n) is 7.03. The van der Waals surface area contributed by atoms with Crippen LogP contribution in [0.2, 0.25) is 0 Å². The van der Waals surface area contributed by atoms with E-state index < -0.39 is 5.97 Å². The van der Waals surface area contributed by atoms with Crippen LogP contribution in [0.3, 0.4) is 0 Å². The normalized spacial score (nSPS) is 14.0. The van der Waals surface area contributed by atoms with Gasteiger partial charge in [-0.1, -0.05) is 66.7 Å². The Labute approximate surface area is 163 Å². The Hall–Kier alpha value is -3.40. The van der Waals surface area contributed by atoms with Crippen LogP contribution >= 0.6 is 0 Å². The van der Waals surface area contributed by atoms with Gasteiger partial charge in [-0.2, -0.15) is 0 Å². The van der Waals surface area contributed by atoms with Crippen molar-refractivity contribution in [2.45, 2.75) is 12.8 Å². The Morgan fingerprint density at radius 3 is 2.54 bits per heavy atom. The smallest absolute Gasteiger partial charge is 0.307 e.